The molecule has 0 bridgehead atoms. The number of amides is 1. The SMILES string of the molecule is CN(CC1CC(Br)C1)C(=O)c1cc(Cl)ccc1I. The van der Waals surface area contributed by atoms with Crippen LogP contribution in [0, 0.1) is 9.49 Å². The minimum Gasteiger partial charge on any atom is -0.341 e. The first-order chi connectivity index (χ1) is 8.47. The van der Waals surface area contributed by atoms with Gasteiger partial charge < -0.3 is 4.90 Å². The largest absolute Gasteiger partial charge is 0.341 e. The zero-order chi connectivity index (χ0) is 13.3. The van der Waals surface area contributed by atoms with Crippen molar-refractivity contribution in [3.05, 3.63) is 32.4 Å². The van der Waals surface area contributed by atoms with Gasteiger partial charge in [-0.1, -0.05) is 27.5 Å². The fourth-order valence-electron chi connectivity index (χ4n) is 2.14. The number of hydrogen-bond donors (Lipinski definition) is 0. The molecule has 98 valence electrons. The molecule has 2 rings (SSSR count). The van der Waals surface area contributed by atoms with Crippen LogP contribution in [0.4, 0.5) is 0 Å². The average molecular weight is 443 g/mol. The summed E-state index contributed by atoms with van der Waals surface area (Å²) < 4.78 is 0.945. The Balaban J connectivity index is 2.03. The molecular weight excluding hydrogens is 428 g/mol. The second kappa shape index (κ2) is 6.09. The minimum atomic E-state index is 0.0555. The average Bonchev–Trinajstić information content (AvgIpc) is 2.29. The number of halogens is 3. The van der Waals surface area contributed by atoms with Crippen LogP contribution in [0.25, 0.3) is 0 Å². The molecule has 2 nitrogen and oxygen atoms in total. The van der Waals surface area contributed by atoms with Crippen LogP contribution in [0.15, 0.2) is 18.2 Å². The first kappa shape index (κ1) is 14.6. The Hall–Kier alpha value is 0.190. The summed E-state index contributed by atoms with van der Waals surface area (Å²) in [5.74, 6) is 0.681. The third-order valence-electron chi connectivity index (χ3n) is 3.22. The van der Waals surface area contributed by atoms with E-state index in [0.717, 1.165) is 23.0 Å². The number of carbonyl (C=O) groups is 1. The predicted octanol–water partition coefficient (Wildman–Crippen LogP) is 4.19. The first-order valence-electron chi connectivity index (χ1n) is 5.82. The zero-order valence-corrected chi connectivity index (χ0v) is 14.5. The van der Waals surface area contributed by atoms with E-state index in [1.165, 1.54) is 0 Å². The van der Waals surface area contributed by atoms with Gasteiger partial charge in [-0.2, -0.15) is 0 Å². The Morgan fingerprint density at radius 1 is 1.56 bits per heavy atom. The van der Waals surface area contributed by atoms with Crippen LogP contribution in [0.1, 0.15) is 23.2 Å². The maximum absolute atomic E-state index is 12.3. The van der Waals surface area contributed by atoms with Crippen LogP contribution in [-0.4, -0.2) is 29.2 Å². The molecule has 1 aliphatic rings. The Labute approximate surface area is 134 Å². The van der Waals surface area contributed by atoms with E-state index in [1.54, 1.807) is 11.0 Å². The van der Waals surface area contributed by atoms with Gasteiger partial charge in [-0.05, 0) is 59.5 Å². The lowest BCUT2D eigenvalue weighted by atomic mass is 9.85. The van der Waals surface area contributed by atoms with Crippen LogP contribution in [0.3, 0.4) is 0 Å². The number of alkyl halides is 1. The lowest BCUT2D eigenvalue weighted by molar-refractivity contribution is 0.0747. The number of rotatable bonds is 3. The molecule has 0 heterocycles. The minimum absolute atomic E-state index is 0.0555. The van der Waals surface area contributed by atoms with Gasteiger partial charge in [0.15, 0.2) is 0 Å². The summed E-state index contributed by atoms with van der Waals surface area (Å²) in [6.07, 6.45) is 2.31. The summed E-state index contributed by atoms with van der Waals surface area (Å²) in [5, 5.41) is 0.608. The molecule has 1 fully saturated rings. The third-order valence-corrected chi connectivity index (χ3v) is 5.14. The smallest absolute Gasteiger partial charge is 0.254 e. The second-order valence-electron chi connectivity index (χ2n) is 4.74. The quantitative estimate of drug-likeness (QED) is 0.508. The van der Waals surface area contributed by atoms with Crippen LogP contribution >= 0.6 is 50.1 Å². The van der Waals surface area contributed by atoms with E-state index in [-0.39, 0.29) is 5.91 Å². The van der Waals surface area contributed by atoms with Gasteiger partial charge in [0.05, 0.1) is 5.56 Å². The number of benzene rings is 1. The molecule has 1 aromatic carbocycles. The Morgan fingerprint density at radius 2 is 2.22 bits per heavy atom. The summed E-state index contributed by atoms with van der Waals surface area (Å²) in [5.41, 5.74) is 0.695. The zero-order valence-electron chi connectivity index (χ0n) is 10.00. The molecule has 0 aromatic heterocycles. The van der Waals surface area contributed by atoms with Crippen molar-refractivity contribution in [2.45, 2.75) is 17.7 Å². The third kappa shape index (κ3) is 3.39. The maximum Gasteiger partial charge on any atom is 0.254 e. The molecule has 0 saturated heterocycles. The van der Waals surface area contributed by atoms with Crippen molar-refractivity contribution in [2.24, 2.45) is 5.92 Å². The molecule has 0 unspecified atom stereocenters. The van der Waals surface area contributed by atoms with Crippen LogP contribution in [-0.2, 0) is 0 Å². The highest BCUT2D eigenvalue weighted by atomic mass is 127. The van der Waals surface area contributed by atoms with Gasteiger partial charge >= 0.3 is 0 Å². The molecule has 0 N–H and O–H groups in total. The van der Waals surface area contributed by atoms with E-state index in [1.807, 2.05) is 19.2 Å². The van der Waals surface area contributed by atoms with Crippen molar-refractivity contribution < 1.29 is 4.79 Å². The van der Waals surface area contributed by atoms with Crippen molar-refractivity contribution in [2.75, 3.05) is 13.6 Å². The summed E-state index contributed by atoms with van der Waals surface area (Å²) in [7, 11) is 1.86. The number of hydrogen-bond acceptors (Lipinski definition) is 1. The van der Waals surface area contributed by atoms with Gasteiger partial charge in [-0.15, -0.1) is 0 Å². The highest BCUT2D eigenvalue weighted by Crippen LogP contribution is 2.33. The summed E-state index contributed by atoms with van der Waals surface area (Å²) >= 11 is 11.7. The molecule has 0 atom stereocenters. The molecule has 0 radical (unpaired) electrons. The molecule has 18 heavy (non-hydrogen) atoms. The number of nitrogens with zero attached hydrogens (tertiary/aromatic N) is 1. The lowest BCUT2D eigenvalue weighted by Gasteiger charge is -2.34. The fraction of sp³-hybridized carbons (Fsp3) is 0.462. The summed E-state index contributed by atoms with van der Waals surface area (Å²) in [6, 6.07) is 5.43. The normalized spacial score (nSPS) is 22.4. The van der Waals surface area contributed by atoms with Gasteiger partial charge in [0.1, 0.15) is 0 Å². The van der Waals surface area contributed by atoms with E-state index >= 15 is 0 Å². The van der Waals surface area contributed by atoms with Gasteiger partial charge in [0.2, 0.25) is 0 Å². The number of carbonyl (C=O) groups excluding carboxylic acids is 1. The molecular formula is C13H14BrClINO. The van der Waals surface area contributed by atoms with Crippen LogP contribution < -0.4 is 0 Å². The molecule has 1 saturated carbocycles. The van der Waals surface area contributed by atoms with Crippen molar-refractivity contribution in [3.8, 4) is 0 Å². The van der Waals surface area contributed by atoms with E-state index in [2.05, 4.69) is 38.5 Å². The molecule has 0 aliphatic heterocycles. The lowest BCUT2D eigenvalue weighted by Crippen LogP contribution is -2.38. The van der Waals surface area contributed by atoms with E-state index < -0.39 is 0 Å². The van der Waals surface area contributed by atoms with Crippen molar-refractivity contribution >= 4 is 56.0 Å². The molecule has 5 heteroatoms. The summed E-state index contributed by atoms with van der Waals surface area (Å²) in [6.45, 7) is 0.823. The molecule has 1 aromatic rings. The van der Waals surface area contributed by atoms with Crippen molar-refractivity contribution in [1.82, 2.24) is 4.90 Å². The summed E-state index contributed by atoms with van der Waals surface area (Å²) in [4.78, 5) is 14.8. The van der Waals surface area contributed by atoms with Crippen molar-refractivity contribution in [1.29, 1.82) is 0 Å². The van der Waals surface area contributed by atoms with Gasteiger partial charge in [0.25, 0.3) is 5.91 Å². The predicted molar refractivity (Wildman–Crippen MR) is 86.6 cm³/mol. The highest BCUT2D eigenvalue weighted by molar-refractivity contribution is 14.1. The van der Waals surface area contributed by atoms with E-state index in [9.17, 15) is 4.79 Å². The van der Waals surface area contributed by atoms with E-state index in [4.69, 9.17) is 11.6 Å². The highest BCUT2D eigenvalue weighted by Gasteiger charge is 2.29. The standard InChI is InChI=1S/C13H14BrClINO/c1-17(7-8-4-9(14)5-8)13(18)11-6-10(15)2-3-12(11)16/h2-3,6,8-9H,4-5,7H2,1H3. The monoisotopic (exact) mass is 441 g/mol. The van der Waals surface area contributed by atoms with E-state index in [0.29, 0.717) is 21.3 Å². The molecule has 1 amide bonds. The maximum atomic E-state index is 12.3. The second-order valence-corrected chi connectivity index (χ2v) is 7.64. The molecule has 0 spiro atoms. The van der Waals surface area contributed by atoms with Gasteiger partial charge in [-0.25, -0.2) is 0 Å². The topological polar surface area (TPSA) is 20.3 Å². The Kier molecular flexibility index (Phi) is 4.94. The van der Waals surface area contributed by atoms with Crippen molar-refractivity contribution in [3.63, 3.8) is 0 Å². The van der Waals surface area contributed by atoms with Crippen LogP contribution in [0.5, 0.6) is 0 Å². The Bertz CT molecular complexity index is 462. The van der Waals surface area contributed by atoms with Gasteiger partial charge in [0, 0.05) is 27.0 Å². The first-order valence-corrected chi connectivity index (χ1v) is 8.19. The fourth-order valence-corrected chi connectivity index (χ4v) is 3.94. The van der Waals surface area contributed by atoms with Gasteiger partial charge in [-0.3, -0.25) is 4.79 Å². The Morgan fingerprint density at radius 3 is 2.83 bits per heavy atom. The van der Waals surface area contributed by atoms with Crippen LogP contribution in [0.2, 0.25) is 5.02 Å². The molecule has 1 aliphatic carbocycles.